The van der Waals surface area contributed by atoms with E-state index in [0.29, 0.717) is 25.9 Å². The Morgan fingerprint density at radius 1 is 0.946 bits per heavy atom. The van der Waals surface area contributed by atoms with Crippen LogP contribution in [0.4, 0.5) is 5.00 Å². The molecule has 1 amide bonds. The van der Waals surface area contributed by atoms with Gasteiger partial charge in [0.25, 0.3) is 5.91 Å². The summed E-state index contributed by atoms with van der Waals surface area (Å²) in [6.07, 6.45) is 1.58. The number of nitrogens with one attached hydrogen (secondary N) is 1. The zero-order chi connectivity index (χ0) is 25.8. The van der Waals surface area contributed by atoms with Crippen LogP contribution >= 0.6 is 23.1 Å². The van der Waals surface area contributed by atoms with E-state index < -0.39 is 9.84 Å². The van der Waals surface area contributed by atoms with Crippen molar-refractivity contribution in [3.8, 4) is 5.69 Å². The van der Waals surface area contributed by atoms with Gasteiger partial charge in [0.15, 0.2) is 20.0 Å². The number of sulfone groups is 1. The molecule has 11 heteroatoms. The van der Waals surface area contributed by atoms with Crippen LogP contribution in [0.15, 0.2) is 106 Å². The molecule has 0 saturated heterocycles. The summed E-state index contributed by atoms with van der Waals surface area (Å²) in [6, 6.07) is 25.0. The fraction of sp³-hybridized carbons (Fsp3) is 0.0769. The summed E-state index contributed by atoms with van der Waals surface area (Å²) in [4.78, 5) is 17.1. The molecule has 0 atom stereocenters. The smallest absolute Gasteiger partial charge is 0.256 e. The molecule has 8 nitrogen and oxygen atoms in total. The van der Waals surface area contributed by atoms with Gasteiger partial charge in [0.2, 0.25) is 5.16 Å². The van der Waals surface area contributed by atoms with E-state index in [-0.39, 0.29) is 16.6 Å². The minimum atomic E-state index is -3.65. The molecular weight excluding hydrogens is 527 g/mol. The summed E-state index contributed by atoms with van der Waals surface area (Å²) >= 11 is 2.54. The molecule has 0 bridgehead atoms. The zero-order valence-electron chi connectivity index (χ0n) is 19.6. The van der Waals surface area contributed by atoms with Crippen LogP contribution in [-0.4, -0.2) is 34.1 Å². The highest BCUT2D eigenvalue weighted by molar-refractivity contribution is 8.01. The molecule has 0 aliphatic heterocycles. The van der Waals surface area contributed by atoms with E-state index >= 15 is 0 Å². The second kappa shape index (κ2) is 10.7. The van der Waals surface area contributed by atoms with Crippen molar-refractivity contribution in [1.82, 2.24) is 19.7 Å². The van der Waals surface area contributed by atoms with Crippen molar-refractivity contribution in [2.24, 2.45) is 0 Å². The van der Waals surface area contributed by atoms with Gasteiger partial charge in [-0.3, -0.25) is 9.36 Å². The molecule has 2 aromatic heterocycles. The van der Waals surface area contributed by atoms with Crippen LogP contribution in [0.1, 0.15) is 21.7 Å². The number of aromatic nitrogens is 4. The van der Waals surface area contributed by atoms with Crippen LogP contribution in [0.5, 0.6) is 0 Å². The van der Waals surface area contributed by atoms with E-state index in [9.17, 15) is 13.2 Å². The number of carbonyl (C=O) groups is 1. The normalized spacial score (nSPS) is 11.4. The van der Waals surface area contributed by atoms with Crippen molar-refractivity contribution in [1.29, 1.82) is 0 Å². The number of hydrogen-bond acceptors (Lipinski definition) is 8. The highest BCUT2D eigenvalue weighted by Crippen LogP contribution is 2.34. The second-order valence-corrected chi connectivity index (χ2v) is 12.3. The predicted octanol–water partition coefficient (Wildman–Crippen LogP) is 5.41. The van der Waals surface area contributed by atoms with E-state index in [1.807, 2.05) is 43.3 Å². The molecule has 0 spiro atoms. The van der Waals surface area contributed by atoms with Gasteiger partial charge >= 0.3 is 0 Å². The minimum absolute atomic E-state index is 0.225. The van der Waals surface area contributed by atoms with Crippen molar-refractivity contribution in [3.05, 3.63) is 108 Å². The molecule has 37 heavy (non-hydrogen) atoms. The quantitative estimate of drug-likeness (QED) is 0.277. The van der Waals surface area contributed by atoms with Gasteiger partial charge in [-0.05, 0) is 55.1 Å². The molecule has 2 heterocycles. The molecule has 0 aliphatic rings. The SMILES string of the molecule is Cc1ccc(S(=O)(=O)Cc2nnc(Sc3ncc(NC(=O)c4ccccc4)s3)n2-c2ccccc2)cc1. The first kappa shape index (κ1) is 24.9. The maximum Gasteiger partial charge on any atom is 0.256 e. The van der Waals surface area contributed by atoms with Crippen molar-refractivity contribution in [3.63, 3.8) is 0 Å². The molecule has 5 aromatic rings. The van der Waals surface area contributed by atoms with Gasteiger partial charge in [-0.25, -0.2) is 13.4 Å². The van der Waals surface area contributed by atoms with Crippen molar-refractivity contribution >= 4 is 43.8 Å². The average molecular weight is 548 g/mol. The minimum Gasteiger partial charge on any atom is -0.312 e. The first-order chi connectivity index (χ1) is 17.9. The zero-order valence-corrected chi connectivity index (χ0v) is 22.1. The third-order valence-electron chi connectivity index (χ3n) is 5.35. The van der Waals surface area contributed by atoms with Crippen LogP contribution in [0, 0.1) is 6.92 Å². The number of hydrogen-bond donors (Lipinski definition) is 1. The lowest BCUT2D eigenvalue weighted by atomic mass is 10.2. The molecule has 0 aliphatic carbocycles. The van der Waals surface area contributed by atoms with Crippen LogP contribution in [0.3, 0.4) is 0 Å². The molecule has 1 N–H and O–H groups in total. The largest absolute Gasteiger partial charge is 0.312 e. The van der Waals surface area contributed by atoms with Crippen LogP contribution in [0.25, 0.3) is 5.69 Å². The number of nitrogens with zero attached hydrogens (tertiary/aromatic N) is 4. The Morgan fingerprint density at radius 3 is 2.32 bits per heavy atom. The summed E-state index contributed by atoms with van der Waals surface area (Å²) in [7, 11) is -3.65. The number of para-hydroxylation sites is 1. The number of aryl methyl sites for hydroxylation is 1. The molecule has 186 valence electrons. The Bertz CT molecular complexity index is 1630. The Labute approximate surface area is 222 Å². The van der Waals surface area contributed by atoms with E-state index in [2.05, 4.69) is 20.5 Å². The van der Waals surface area contributed by atoms with E-state index in [0.717, 1.165) is 11.3 Å². The lowest BCUT2D eigenvalue weighted by Crippen LogP contribution is -2.11. The Hall–Kier alpha value is -3.80. The van der Waals surface area contributed by atoms with Crippen molar-refractivity contribution < 1.29 is 13.2 Å². The van der Waals surface area contributed by atoms with Gasteiger partial charge in [-0.15, -0.1) is 10.2 Å². The maximum absolute atomic E-state index is 13.1. The number of amides is 1. The molecule has 0 unspecified atom stereocenters. The van der Waals surface area contributed by atoms with Gasteiger partial charge in [0.05, 0.1) is 11.1 Å². The maximum atomic E-state index is 13.1. The van der Waals surface area contributed by atoms with Crippen LogP contribution in [0.2, 0.25) is 0 Å². The van der Waals surface area contributed by atoms with Crippen molar-refractivity contribution in [2.45, 2.75) is 27.1 Å². The summed E-state index contributed by atoms with van der Waals surface area (Å²) < 4.78 is 28.6. The lowest BCUT2D eigenvalue weighted by molar-refractivity contribution is 0.102. The van der Waals surface area contributed by atoms with Crippen LogP contribution < -0.4 is 5.32 Å². The molecular formula is C26H21N5O3S3. The Kier molecular flexibility index (Phi) is 7.17. The summed E-state index contributed by atoms with van der Waals surface area (Å²) in [6.45, 7) is 1.91. The number of rotatable bonds is 8. The molecule has 0 fully saturated rings. The number of thiazole rings is 1. The average Bonchev–Trinajstić information content (AvgIpc) is 3.51. The van der Waals surface area contributed by atoms with Gasteiger partial charge in [0.1, 0.15) is 10.8 Å². The van der Waals surface area contributed by atoms with Crippen LogP contribution in [-0.2, 0) is 15.6 Å². The third kappa shape index (κ3) is 5.79. The highest BCUT2D eigenvalue weighted by atomic mass is 32.2. The monoisotopic (exact) mass is 547 g/mol. The van der Waals surface area contributed by atoms with E-state index in [4.69, 9.17) is 0 Å². The highest BCUT2D eigenvalue weighted by Gasteiger charge is 2.23. The Morgan fingerprint density at radius 2 is 1.62 bits per heavy atom. The second-order valence-electron chi connectivity index (χ2n) is 8.05. The van der Waals surface area contributed by atoms with Crippen molar-refractivity contribution in [2.75, 3.05) is 5.32 Å². The first-order valence-electron chi connectivity index (χ1n) is 11.2. The van der Waals surface area contributed by atoms with Gasteiger partial charge < -0.3 is 5.32 Å². The summed E-state index contributed by atoms with van der Waals surface area (Å²) in [5.41, 5.74) is 2.26. The van der Waals surface area contributed by atoms with E-state index in [1.54, 1.807) is 59.3 Å². The molecule has 0 saturated carbocycles. The standard InChI is InChI=1S/C26H21N5O3S3/c1-18-12-14-21(15-13-18)37(33,34)17-22-29-30-25(31(22)20-10-6-3-7-11-20)36-26-27-16-23(35-26)28-24(32)19-8-4-2-5-9-19/h2-16H,17H2,1H3,(H,28,32). The van der Waals surface area contributed by atoms with Gasteiger partial charge in [-0.1, -0.05) is 65.4 Å². The first-order valence-corrected chi connectivity index (χ1v) is 14.5. The molecule has 3 aromatic carbocycles. The predicted molar refractivity (Wildman–Crippen MR) is 144 cm³/mol. The number of carbonyl (C=O) groups excluding carboxylic acids is 1. The van der Waals surface area contributed by atoms with E-state index in [1.165, 1.54) is 23.1 Å². The topological polar surface area (TPSA) is 107 Å². The summed E-state index contributed by atoms with van der Waals surface area (Å²) in [5.74, 6) is -0.241. The number of anilines is 1. The summed E-state index contributed by atoms with van der Waals surface area (Å²) in [5, 5.41) is 12.4. The third-order valence-corrected chi connectivity index (χ3v) is 8.91. The Balaban J connectivity index is 1.41. The molecule has 5 rings (SSSR count). The van der Waals surface area contributed by atoms with Gasteiger partial charge in [0, 0.05) is 11.3 Å². The van der Waals surface area contributed by atoms with Gasteiger partial charge in [-0.2, -0.15) is 0 Å². The number of benzene rings is 3. The molecule has 0 radical (unpaired) electrons. The lowest BCUT2D eigenvalue weighted by Gasteiger charge is -2.10. The fourth-order valence-corrected chi connectivity index (χ4v) is 6.60. The fourth-order valence-electron chi connectivity index (χ4n) is 3.51.